The van der Waals surface area contributed by atoms with Crippen LogP contribution < -0.4 is 4.90 Å². The molecule has 0 amide bonds. The molecule has 0 bridgehead atoms. The highest BCUT2D eigenvalue weighted by Crippen LogP contribution is 2.29. The van der Waals surface area contributed by atoms with Gasteiger partial charge in [-0.25, -0.2) is 0 Å². The molecule has 1 saturated heterocycles. The molecule has 2 heterocycles. The number of aliphatic hydroxyl groups is 1. The van der Waals surface area contributed by atoms with Crippen molar-refractivity contribution in [1.82, 2.24) is 10.2 Å². The van der Waals surface area contributed by atoms with E-state index in [0.29, 0.717) is 11.8 Å². The molecule has 0 aromatic carbocycles. The summed E-state index contributed by atoms with van der Waals surface area (Å²) < 4.78 is 0. The quantitative estimate of drug-likeness (QED) is 0.892. The smallest absolute Gasteiger partial charge is 0.151 e. The van der Waals surface area contributed by atoms with E-state index in [1.54, 1.807) is 0 Å². The second kappa shape index (κ2) is 4.84. The van der Waals surface area contributed by atoms with Gasteiger partial charge in [-0.1, -0.05) is 13.8 Å². The van der Waals surface area contributed by atoms with E-state index in [1.807, 2.05) is 26.0 Å². The lowest BCUT2D eigenvalue weighted by atomic mass is 9.90. The van der Waals surface area contributed by atoms with Crippen LogP contribution in [0.2, 0.25) is 0 Å². The van der Waals surface area contributed by atoms with E-state index in [1.165, 1.54) is 0 Å². The molecule has 18 heavy (non-hydrogen) atoms. The molecule has 1 fully saturated rings. The Hall–Kier alpha value is -1.16. The molecule has 1 unspecified atom stereocenters. The molecule has 1 aliphatic rings. The number of hydrogen-bond acceptors (Lipinski definition) is 4. The second-order valence-corrected chi connectivity index (χ2v) is 6.06. The Balaban J connectivity index is 2.05. The lowest BCUT2D eigenvalue weighted by Crippen LogP contribution is -2.33. The van der Waals surface area contributed by atoms with Crippen LogP contribution in [0.5, 0.6) is 0 Å². The molecule has 1 N–H and O–H groups in total. The van der Waals surface area contributed by atoms with Crippen molar-refractivity contribution >= 4 is 5.82 Å². The largest absolute Gasteiger partial charge is 0.390 e. The maximum absolute atomic E-state index is 10.0. The predicted molar refractivity (Wildman–Crippen MR) is 72.7 cm³/mol. The fraction of sp³-hybridized carbons (Fsp3) is 0.714. The van der Waals surface area contributed by atoms with Gasteiger partial charge >= 0.3 is 0 Å². The zero-order chi connectivity index (χ0) is 13.3. The molecule has 1 atom stereocenters. The van der Waals surface area contributed by atoms with Crippen molar-refractivity contribution in [2.75, 3.05) is 18.0 Å². The minimum absolute atomic E-state index is 0.309. The summed E-state index contributed by atoms with van der Waals surface area (Å²) >= 11 is 0. The van der Waals surface area contributed by atoms with Gasteiger partial charge in [0.25, 0.3) is 0 Å². The Kier molecular flexibility index (Phi) is 3.57. The minimum atomic E-state index is -0.611. The highest BCUT2D eigenvalue weighted by atomic mass is 16.3. The maximum atomic E-state index is 10.0. The Morgan fingerprint density at radius 2 is 2.06 bits per heavy atom. The van der Waals surface area contributed by atoms with E-state index in [2.05, 4.69) is 28.9 Å². The summed E-state index contributed by atoms with van der Waals surface area (Å²) in [6.45, 7) is 9.81. The van der Waals surface area contributed by atoms with Gasteiger partial charge in [0.05, 0.1) is 11.3 Å². The Morgan fingerprint density at radius 3 is 2.50 bits per heavy atom. The summed E-state index contributed by atoms with van der Waals surface area (Å²) in [5, 5.41) is 18.6. The van der Waals surface area contributed by atoms with E-state index in [9.17, 15) is 5.11 Å². The summed E-state index contributed by atoms with van der Waals surface area (Å²) in [5.41, 5.74) is 0.414. The van der Waals surface area contributed by atoms with Crippen LogP contribution in [0.3, 0.4) is 0 Å². The van der Waals surface area contributed by atoms with E-state index in [0.717, 1.165) is 31.0 Å². The van der Waals surface area contributed by atoms with Gasteiger partial charge < -0.3 is 10.0 Å². The first-order valence-corrected chi connectivity index (χ1v) is 6.69. The van der Waals surface area contributed by atoms with Crippen LogP contribution in [-0.4, -0.2) is 34.0 Å². The molecule has 4 heteroatoms. The molecule has 1 aliphatic heterocycles. The van der Waals surface area contributed by atoms with Crippen LogP contribution in [0, 0.1) is 5.92 Å². The third kappa shape index (κ3) is 2.80. The molecule has 0 radical (unpaired) electrons. The lowest BCUT2D eigenvalue weighted by Gasteiger charge is -2.25. The van der Waals surface area contributed by atoms with Gasteiger partial charge in [0.1, 0.15) is 0 Å². The fourth-order valence-electron chi connectivity index (χ4n) is 2.36. The Bertz CT molecular complexity index is 394. The second-order valence-electron chi connectivity index (χ2n) is 6.06. The van der Waals surface area contributed by atoms with E-state index < -0.39 is 5.60 Å². The standard InChI is InChI=1S/C14H23N3O/c1-10(2)12-5-6-13(16-15-12)17-8-7-11(9-17)14(3,4)18/h5-6,10-11,18H,7-9H2,1-4H3. The molecule has 0 aliphatic carbocycles. The van der Waals surface area contributed by atoms with Crippen molar-refractivity contribution in [2.24, 2.45) is 5.92 Å². The zero-order valence-electron chi connectivity index (χ0n) is 11.7. The minimum Gasteiger partial charge on any atom is -0.390 e. The normalized spacial score (nSPS) is 20.8. The van der Waals surface area contributed by atoms with Gasteiger partial charge in [-0.05, 0) is 38.3 Å². The lowest BCUT2D eigenvalue weighted by molar-refractivity contribution is 0.0263. The van der Waals surface area contributed by atoms with Crippen LogP contribution in [0.25, 0.3) is 0 Å². The van der Waals surface area contributed by atoms with Crippen molar-refractivity contribution in [3.63, 3.8) is 0 Å². The predicted octanol–water partition coefficient (Wildman–Crippen LogP) is 2.20. The summed E-state index contributed by atoms with van der Waals surface area (Å²) in [5.74, 6) is 1.64. The molecule has 1 aromatic rings. The van der Waals surface area contributed by atoms with Crippen molar-refractivity contribution in [3.05, 3.63) is 17.8 Å². The summed E-state index contributed by atoms with van der Waals surface area (Å²) in [6, 6.07) is 4.08. The van der Waals surface area contributed by atoms with Crippen LogP contribution in [-0.2, 0) is 0 Å². The SMILES string of the molecule is CC(C)c1ccc(N2CCC(C(C)(C)O)C2)nn1. The first-order valence-electron chi connectivity index (χ1n) is 6.69. The topological polar surface area (TPSA) is 49.2 Å². The fourth-order valence-corrected chi connectivity index (χ4v) is 2.36. The first-order chi connectivity index (χ1) is 8.38. The highest BCUT2D eigenvalue weighted by molar-refractivity contribution is 5.39. The van der Waals surface area contributed by atoms with Crippen molar-refractivity contribution in [2.45, 2.75) is 45.6 Å². The van der Waals surface area contributed by atoms with Crippen molar-refractivity contribution in [1.29, 1.82) is 0 Å². The molecule has 100 valence electrons. The van der Waals surface area contributed by atoms with E-state index >= 15 is 0 Å². The first kappa shape index (κ1) is 13.3. The highest BCUT2D eigenvalue weighted by Gasteiger charge is 2.34. The van der Waals surface area contributed by atoms with Gasteiger partial charge in [-0.15, -0.1) is 5.10 Å². The maximum Gasteiger partial charge on any atom is 0.151 e. The van der Waals surface area contributed by atoms with Gasteiger partial charge in [0.15, 0.2) is 5.82 Å². The number of anilines is 1. The third-order valence-corrected chi connectivity index (χ3v) is 3.77. The third-order valence-electron chi connectivity index (χ3n) is 3.77. The molecular weight excluding hydrogens is 226 g/mol. The van der Waals surface area contributed by atoms with Gasteiger partial charge in [-0.2, -0.15) is 5.10 Å². The van der Waals surface area contributed by atoms with Gasteiger partial charge in [-0.3, -0.25) is 0 Å². The molecule has 1 aromatic heterocycles. The molecule has 0 saturated carbocycles. The van der Waals surface area contributed by atoms with Crippen molar-refractivity contribution < 1.29 is 5.11 Å². The Labute approximate surface area is 109 Å². The molecular formula is C14H23N3O. The van der Waals surface area contributed by atoms with Gasteiger partial charge in [0.2, 0.25) is 0 Å². The van der Waals surface area contributed by atoms with E-state index in [-0.39, 0.29) is 0 Å². The molecule has 4 nitrogen and oxygen atoms in total. The average molecular weight is 249 g/mol. The summed E-state index contributed by atoms with van der Waals surface area (Å²) in [6.07, 6.45) is 1.01. The zero-order valence-corrected chi connectivity index (χ0v) is 11.7. The van der Waals surface area contributed by atoms with Crippen molar-refractivity contribution in [3.8, 4) is 0 Å². The van der Waals surface area contributed by atoms with Gasteiger partial charge in [0, 0.05) is 19.0 Å². The van der Waals surface area contributed by atoms with E-state index in [4.69, 9.17) is 0 Å². The average Bonchev–Trinajstić information content (AvgIpc) is 2.78. The summed E-state index contributed by atoms with van der Waals surface area (Å²) in [4.78, 5) is 2.21. The number of aromatic nitrogens is 2. The van der Waals surface area contributed by atoms with Crippen LogP contribution in [0.4, 0.5) is 5.82 Å². The summed E-state index contributed by atoms with van der Waals surface area (Å²) in [7, 11) is 0. The molecule has 2 rings (SSSR count). The van der Waals surface area contributed by atoms with Crippen LogP contribution in [0.15, 0.2) is 12.1 Å². The number of nitrogens with zero attached hydrogens (tertiary/aromatic N) is 3. The molecule has 0 spiro atoms. The van der Waals surface area contributed by atoms with Crippen LogP contribution >= 0.6 is 0 Å². The Morgan fingerprint density at radius 1 is 1.33 bits per heavy atom. The number of hydrogen-bond donors (Lipinski definition) is 1. The van der Waals surface area contributed by atoms with Crippen LogP contribution in [0.1, 0.15) is 45.7 Å². The monoisotopic (exact) mass is 249 g/mol. The number of rotatable bonds is 3.